The topological polar surface area (TPSA) is 51.8 Å². The first-order valence-electron chi connectivity index (χ1n) is 17.7. The molecular weight excluding hydrogens is 635 g/mol. The number of hydrogen-bond donors (Lipinski definition) is 0. The van der Waals surface area contributed by atoms with E-state index < -0.39 is 5.41 Å². The molecule has 52 heavy (non-hydrogen) atoms. The van der Waals surface area contributed by atoms with Gasteiger partial charge in [-0.1, -0.05) is 158 Å². The zero-order valence-electron chi connectivity index (χ0n) is 28.6. The van der Waals surface area contributed by atoms with Crippen molar-refractivity contribution in [3.63, 3.8) is 0 Å². The predicted octanol–water partition coefficient (Wildman–Crippen LogP) is 12.1. The van der Waals surface area contributed by atoms with Crippen LogP contribution in [0.4, 0.5) is 0 Å². The second-order valence-corrected chi connectivity index (χ2v) is 13.8. The van der Waals surface area contributed by atoms with E-state index in [1.807, 2.05) is 18.2 Å². The van der Waals surface area contributed by atoms with Crippen LogP contribution in [0.3, 0.4) is 0 Å². The van der Waals surface area contributed by atoms with Gasteiger partial charge < -0.3 is 4.42 Å². The number of benzene rings is 7. The first-order chi connectivity index (χ1) is 25.6. The second kappa shape index (κ2) is 12.0. The Hall–Kier alpha value is -6.65. The molecule has 0 bridgehead atoms. The Kier molecular flexibility index (Phi) is 6.97. The average Bonchev–Trinajstić information content (AvgIpc) is 3.62. The lowest BCUT2D eigenvalue weighted by atomic mass is 9.72. The Bertz CT molecular complexity index is 2830. The highest BCUT2D eigenvalue weighted by atomic mass is 16.3. The standard InChI is InChI=1S/C48H33N3O/c1-48(29-28-40(33-13-3-2-4-14-33)44-43(48)41-19-9-10-21-42(41)52-44)47-50-45(49-46(51-47)37-27-22-31-12-5-6-16-36(31)30-37)35-25-23-34(24-26-35)39-20-11-17-32-15-7-8-18-38(32)39/h2-28,30H,29H2,1H3. The summed E-state index contributed by atoms with van der Waals surface area (Å²) in [6, 6.07) is 57.2. The molecule has 7 aromatic carbocycles. The van der Waals surface area contributed by atoms with Crippen molar-refractivity contribution in [1.29, 1.82) is 0 Å². The normalized spacial score (nSPS) is 15.5. The molecule has 0 saturated carbocycles. The Morgan fingerprint density at radius 2 is 1.13 bits per heavy atom. The highest BCUT2D eigenvalue weighted by Crippen LogP contribution is 2.49. The molecule has 0 amide bonds. The minimum absolute atomic E-state index is 0.591. The number of hydrogen-bond acceptors (Lipinski definition) is 4. The molecule has 1 aliphatic carbocycles. The Labute approximate surface area is 301 Å². The van der Waals surface area contributed by atoms with Gasteiger partial charge in [0.25, 0.3) is 0 Å². The third-order valence-electron chi connectivity index (χ3n) is 10.6. The molecule has 0 N–H and O–H groups in total. The van der Waals surface area contributed by atoms with Gasteiger partial charge in [0, 0.05) is 27.6 Å². The minimum atomic E-state index is -0.591. The third-order valence-corrected chi connectivity index (χ3v) is 10.6. The highest BCUT2D eigenvalue weighted by molar-refractivity contribution is 5.97. The molecule has 1 atom stereocenters. The molecule has 1 unspecified atom stereocenters. The molecule has 4 nitrogen and oxygen atoms in total. The maximum absolute atomic E-state index is 6.70. The van der Waals surface area contributed by atoms with Crippen LogP contribution < -0.4 is 0 Å². The predicted molar refractivity (Wildman–Crippen MR) is 212 cm³/mol. The van der Waals surface area contributed by atoms with Crippen LogP contribution in [0.1, 0.15) is 36.1 Å². The van der Waals surface area contributed by atoms with E-state index in [9.17, 15) is 0 Å². The van der Waals surface area contributed by atoms with Crippen LogP contribution in [0.15, 0.2) is 174 Å². The van der Waals surface area contributed by atoms with Gasteiger partial charge in [-0.15, -0.1) is 0 Å². The largest absolute Gasteiger partial charge is 0.456 e. The monoisotopic (exact) mass is 667 g/mol. The number of furan rings is 1. The first-order valence-corrected chi connectivity index (χ1v) is 17.7. The molecule has 4 heteroatoms. The molecular formula is C48H33N3O. The fraction of sp³-hybridized carbons (Fsp3) is 0.0625. The Balaban J connectivity index is 1.16. The van der Waals surface area contributed by atoms with E-state index in [1.165, 1.54) is 21.7 Å². The molecule has 0 fully saturated rings. The van der Waals surface area contributed by atoms with Crippen molar-refractivity contribution in [2.45, 2.75) is 18.8 Å². The number of fused-ring (bicyclic) bond motifs is 5. The van der Waals surface area contributed by atoms with E-state index in [0.29, 0.717) is 18.1 Å². The average molecular weight is 668 g/mol. The van der Waals surface area contributed by atoms with Gasteiger partial charge in [0.2, 0.25) is 0 Å². The summed E-state index contributed by atoms with van der Waals surface area (Å²) < 4.78 is 6.70. The number of allylic oxidation sites excluding steroid dienone is 1. The molecule has 0 spiro atoms. The van der Waals surface area contributed by atoms with E-state index in [0.717, 1.165) is 61.3 Å². The molecule has 0 radical (unpaired) electrons. The third kappa shape index (κ3) is 4.95. The Morgan fingerprint density at radius 1 is 0.500 bits per heavy atom. The van der Waals surface area contributed by atoms with Crippen LogP contribution in [0, 0.1) is 0 Å². The lowest BCUT2D eigenvalue weighted by Crippen LogP contribution is -2.30. The molecule has 9 aromatic rings. The van der Waals surface area contributed by atoms with Gasteiger partial charge in [-0.2, -0.15) is 0 Å². The van der Waals surface area contributed by atoms with Crippen LogP contribution in [-0.2, 0) is 5.41 Å². The quantitative estimate of drug-likeness (QED) is 0.183. The van der Waals surface area contributed by atoms with E-state index in [4.69, 9.17) is 19.4 Å². The lowest BCUT2D eigenvalue weighted by molar-refractivity contribution is 0.506. The van der Waals surface area contributed by atoms with Crippen molar-refractivity contribution in [2.75, 3.05) is 0 Å². The van der Waals surface area contributed by atoms with E-state index in [1.54, 1.807) is 0 Å². The summed E-state index contributed by atoms with van der Waals surface area (Å²) in [7, 11) is 0. The van der Waals surface area contributed by atoms with Crippen molar-refractivity contribution in [1.82, 2.24) is 15.0 Å². The molecule has 10 rings (SSSR count). The number of para-hydroxylation sites is 1. The molecule has 0 aliphatic heterocycles. The number of aromatic nitrogens is 3. The van der Waals surface area contributed by atoms with Crippen molar-refractivity contribution in [3.05, 3.63) is 193 Å². The first kappa shape index (κ1) is 30.2. The SMILES string of the molecule is CC1(c2nc(-c3ccc(-c4cccc5ccccc45)cc3)nc(-c3ccc4ccccc4c3)n2)CC=C(c2ccccc2)c2oc3ccccc3c21. The number of nitrogens with zero attached hydrogens (tertiary/aromatic N) is 3. The van der Waals surface area contributed by atoms with E-state index in [2.05, 4.69) is 159 Å². The van der Waals surface area contributed by atoms with Crippen molar-refractivity contribution in [3.8, 4) is 33.9 Å². The van der Waals surface area contributed by atoms with Crippen molar-refractivity contribution in [2.24, 2.45) is 0 Å². The van der Waals surface area contributed by atoms with Crippen LogP contribution in [0.25, 0.3) is 72.0 Å². The molecule has 246 valence electrons. The van der Waals surface area contributed by atoms with Gasteiger partial charge >= 0.3 is 0 Å². The van der Waals surface area contributed by atoms with Crippen LogP contribution in [0.2, 0.25) is 0 Å². The van der Waals surface area contributed by atoms with Crippen LogP contribution in [0.5, 0.6) is 0 Å². The molecule has 0 saturated heterocycles. The van der Waals surface area contributed by atoms with E-state index in [-0.39, 0.29) is 0 Å². The highest BCUT2D eigenvalue weighted by Gasteiger charge is 2.42. The summed E-state index contributed by atoms with van der Waals surface area (Å²) in [5, 5.41) is 5.86. The maximum Gasteiger partial charge on any atom is 0.163 e. The van der Waals surface area contributed by atoms with Crippen LogP contribution >= 0.6 is 0 Å². The van der Waals surface area contributed by atoms with Crippen molar-refractivity contribution < 1.29 is 4.42 Å². The number of rotatable bonds is 5. The van der Waals surface area contributed by atoms with Gasteiger partial charge in [-0.25, -0.2) is 15.0 Å². The van der Waals surface area contributed by atoms with Gasteiger partial charge in [0.05, 0.1) is 5.41 Å². The smallest absolute Gasteiger partial charge is 0.163 e. The summed E-state index contributed by atoms with van der Waals surface area (Å²) in [6.07, 6.45) is 2.99. The fourth-order valence-electron chi connectivity index (χ4n) is 7.84. The van der Waals surface area contributed by atoms with Gasteiger partial charge in [0.1, 0.15) is 17.2 Å². The van der Waals surface area contributed by atoms with Crippen molar-refractivity contribution >= 4 is 38.1 Å². The lowest BCUT2D eigenvalue weighted by Gasteiger charge is -2.32. The zero-order chi connectivity index (χ0) is 34.6. The van der Waals surface area contributed by atoms with Crippen LogP contribution in [-0.4, -0.2) is 15.0 Å². The summed E-state index contributed by atoms with van der Waals surface area (Å²) in [5.74, 6) is 2.88. The molecule has 1 aliphatic rings. The van der Waals surface area contributed by atoms with E-state index >= 15 is 0 Å². The second-order valence-electron chi connectivity index (χ2n) is 13.8. The van der Waals surface area contributed by atoms with Gasteiger partial charge in [0.15, 0.2) is 11.6 Å². The summed E-state index contributed by atoms with van der Waals surface area (Å²) in [5.41, 5.74) is 7.84. The minimum Gasteiger partial charge on any atom is -0.456 e. The maximum atomic E-state index is 6.70. The van der Waals surface area contributed by atoms with Gasteiger partial charge in [-0.3, -0.25) is 0 Å². The molecule has 2 heterocycles. The summed E-state index contributed by atoms with van der Waals surface area (Å²) in [6.45, 7) is 2.25. The summed E-state index contributed by atoms with van der Waals surface area (Å²) >= 11 is 0. The van der Waals surface area contributed by atoms with Gasteiger partial charge in [-0.05, 0) is 63.7 Å². The Morgan fingerprint density at radius 3 is 1.96 bits per heavy atom. The summed E-state index contributed by atoms with van der Waals surface area (Å²) in [4.78, 5) is 15.8. The molecule has 2 aromatic heterocycles. The fourth-order valence-corrected chi connectivity index (χ4v) is 7.84. The zero-order valence-corrected chi connectivity index (χ0v) is 28.6.